The van der Waals surface area contributed by atoms with Crippen LogP contribution in [0.25, 0.3) is 0 Å². The summed E-state index contributed by atoms with van der Waals surface area (Å²) in [5.74, 6) is -0.926. The number of hydrogen-bond donors (Lipinski definition) is 1. The van der Waals surface area contributed by atoms with Crippen LogP contribution in [0.4, 0.5) is 8.78 Å². The van der Waals surface area contributed by atoms with Gasteiger partial charge in [0.25, 0.3) is 0 Å². The molecule has 1 aliphatic rings. The zero-order valence-corrected chi connectivity index (χ0v) is 10.4. The number of likely N-dealkylation sites (tertiary alicyclic amines) is 1. The van der Waals surface area contributed by atoms with Crippen LogP contribution >= 0.6 is 12.4 Å². The van der Waals surface area contributed by atoms with Crippen LogP contribution in [-0.4, -0.2) is 24.0 Å². The van der Waals surface area contributed by atoms with Crippen LogP contribution in [0.2, 0.25) is 0 Å². The highest BCUT2D eigenvalue weighted by Gasteiger charge is 2.18. The summed E-state index contributed by atoms with van der Waals surface area (Å²) in [7, 11) is 0. The first-order valence-corrected chi connectivity index (χ1v) is 5.57. The minimum absolute atomic E-state index is 0. The van der Waals surface area contributed by atoms with Crippen molar-refractivity contribution in [3.8, 4) is 0 Å². The molecule has 0 unspecified atom stereocenters. The summed E-state index contributed by atoms with van der Waals surface area (Å²) in [6, 6.07) is 4.23. The van der Waals surface area contributed by atoms with Gasteiger partial charge >= 0.3 is 0 Å². The number of nitrogens with zero attached hydrogens (tertiary/aromatic N) is 1. The SMILES string of the molecule is Cl.NC1CCN(Cc2c(F)cccc2F)CC1. The zero-order valence-electron chi connectivity index (χ0n) is 9.53. The highest BCUT2D eigenvalue weighted by Crippen LogP contribution is 2.17. The van der Waals surface area contributed by atoms with Crippen molar-refractivity contribution in [2.24, 2.45) is 5.73 Å². The molecule has 0 amide bonds. The molecule has 1 aromatic rings. The average molecular weight is 263 g/mol. The predicted molar refractivity (Wildman–Crippen MR) is 66.1 cm³/mol. The molecule has 96 valence electrons. The van der Waals surface area contributed by atoms with Crippen LogP contribution < -0.4 is 5.73 Å². The third kappa shape index (κ3) is 3.63. The van der Waals surface area contributed by atoms with Gasteiger partial charge in [0, 0.05) is 18.2 Å². The summed E-state index contributed by atoms with van der Waals surface area (Å²) >= 11 is 0. The number of nitrogens with two attached hydrogens (primary N) is 1. The van der Waals surface area contributed by atoms with Crippen molar-refractivity contribution >= 4 is 12.4 Å². The van der Waals surface area contributed by atoms with Crippen LogP contribution in [0.15, 0.2) is 18.2 Å². The molecule has 17 heavy (non-hydrogen) atoms. The Morgan fingerprint density at radius 2 is 1.71 bits per heavy atom. The summed E-state index contributed by atoms with van der Waals surface area (Å²) in [5, 5.41) is 0. The highest BCUT2D eigenvalue weighted by molar-refractivity contribution is 5.85. The van der Waals surface area contributed by atoms with E-state index in [0.717, 1.165) is 25.9 Å². The molecular weight excluding hydrogens is 246 g/mol. The van der Waals surface area contributed by atoms with E-state index in [1.165, 1.54) is 18.2 Å². The van der Waals surface area contributed by atoms with Crippen LogP contribution in [0.5, 0.6) is 0 Å². The maximum Gasteiger partial charge on any atom is 0.130 e. The quantitative estimate of drug-likeness (QED) is 0.886. The lowest BCUT2D eigenvalue weighted by Gasteiger charge is -2.30. The molecule has 0 radical (unpaired) electrons. The highest BCUT2D eigenvalue weighted by atomic mass is 35.5. The Morgan fingerprint density at radius 1 is 1.18 bits per heavy atom. The molecule has 1 saturated heterocycles. The van der Waals surface area contributed by atoms with Crippen LogP contribution in [0.1, 0.15) is 18.4 Å². The van der Waals surface area contributed by atoms with Gasteiger partial charge in [-0.3, -0.25) is 4.90 Å². The van der Waals surface area contributed by atoms with Gasteiger partial charge in [0.1, 0.15) is 11.6 Å². The van der Waals surface area contributed by atoms with E-state index in [9.17, 15) is 8.78 Å². The largest absolute Gasteiger partial charge is 0.328 e. The maximum atomic E-state index is 13.4. The second-order valence-electron chi connectivity index (χ2n) is 4.31. The molecule has 2 rings (SSSR count). The monoisotopic (exact) mass is 262 g/mol. The molecule has 0 atom stereocenters. The Bertz CT molecular complexity index is 345. The van der Waals surface area contributed by atoms with E-state index in [-0.39, 0.29) is 24.0 Å². The number of rotatable bonds is 2. The molecule has 1 fully saturated rings. The van der Waals surface area contributed by atoms with E-state index in [1.807, 2.05) is 4.90 Å². The zero-order chi connectivity index (χ0) is 11.5. The van der Waals surface area contributed by atoms with Crippen LogP contribution in [0, 0.1) is 11.6 Å². The lowest BCUT2D eigenvalue weighted by Crippen LogP contribution is -2.39. The summed E-state index contributed by atoms with van der Waals surface area (Å²) < 4.78 is 26.8. The standard InChI is InChI=1S/C12H16F2N2.ClH/c13-11-2-1-3-12(14)10(11)8-16-6-4-9(15)5-7-16;/h1-3,9H,4-8,15H2;1H. The first-order chi connectivity index (χ1) is 7.66. The summed E-state index contributed by atoms with van der Waals surface area (Å²) in [6.07, 6.45) is 1.80. The second-order valence-corrected chi connectivity index (χ2v) is 4.31. The average Bonchev–Trinajstić information content (AvgIpc) is 2.26. The molecule has 1 heterocycles. The molecule has 5 heteroatoms. The van der Waals surface area contributed by atoms with Gasteiger partial charge in [0.05, 0.1) is 0 Å². The lowest BCUT2D eigenvalue weighted by molar-refractivity contribution is 0.201. The Kier molecular flexibility index (Phi) is 5.31. The summed E-state index contributed by atoms with van der Waals surface area (Å²) in [6.45, 7) is 1.97. The molecule has 0 aromatic heterocycles. The Labute approximate surface area is 106 Å². The van der Waals surface area contributed by atoms with Crippen LogP contribution in [0.3, 0.4) is 0 Å². The predicted octanol–water partition coefficient (Wildman–Crippen LogP) is 2.31. The third-order valence-electron chi connectivity index (χ3n) is 3.08. The molecule has 1 aliphatic heterocycles. The molecule has 0 aliphatic carbocycles. The van der Waals surface area contributed by atoms with E-state index in [1.54, 1.807) is 0 Å². The van der Waals surface area contributed by atoms with E-state index >= 15 is 0 Å². The number of hydrogen-bond acceptors (Lipinski definition) is 2. The Balaban J connectivity index is 0.00000144. The van der Waals surface area contributed by atoms with Crippen molar-refractivity contribution in [3.63, 3.8) is 0 Å². The van der Waals surface area contributed by atoms with Crippen molar-refractivity contribution in [2.45, 2.75) is 25.4 Å². The smallest absolute Gasteiger partial charge is 0.130 e. The van der Waals surface area contributed by atoms with Crippen molar-refractivity contribution in [1.29, 1.82) is 0 Å². The third-order valence-corrected chi connectivity index (χ3v) is 3.08. The molecule has 2 N–H and O–H groups in total. The molecule has 0 bridgehead atoms. The van der Waals surface area contributed by atoms with Gasteiger partial charge in [-0.15, -0.1) is 12.4 Å². The molecular formula is C12H17ClF2N2. The summed E-state index contributed by atoms with van der Waals surface area (Å²) in [4.78, 5) is 2.05. The fourth-order valence-electron chi connectivity index (χ4n) is 2.02. The Hall–Kier alpha value is -0.710. The first-order valence-electron chi connectivity index (χ1n) is 5.57. The fraction of sp³-hybridized carbons (Fsp3) is 0.500. The molecule has 1 aromatic carbocycles. The van der Waals surface area contributed by atoms with Gasteiger partial charge in [-0.2, -0.15) is 0 Å². The van der Waals surface area contributed by atoms with Gasteiger partial charge in [-0.1, -0.05) is 6.07 Å². The van der Waals surface area contributed by atoms with Crippen LogP contribution in [-0.2, 0) is 6.54 Å². The minimum Gasteiger partial charge on any atom is -0.328 e. The Morgan fingerprint density at radius 3 is 2.24 bits per heavy atom. The normalized spacial score (nSPS) is 17.8. The number of piperidine rings is 1. The van der Waals surface area contributed by atoms with Crippen molar-refractivity contribution in [2.75, 3.05) is 13.1 Å². The first kappa shape index (κ1) is 14.4. The summed E-state index contributed by atoms with van der Waals surface area (Å²) in [5.41, 5.74) is 5.94. The van der Waals surface area contributed by atoms with E-state index < -0.39 is 11.6 Å². The molecule has 0 saturated carbocycles. The second kappa shape index (κ2) is 6.28. The number of benzene rings is 1. The van der Waals surface area contributed by atoms with E-state index in [4.69, 9.17) is 5.73 Å². The maximum absolute atomic E-state index is 13.4. The van der Waals surface area contributed by atoms with Crippen molar-refractivity contribution < 1.29 is 8.78 Å². The van der Waals surface area contributed by atoms with Gasteiger partial charge in [-0.25, -0.2) is 8.78 Å². The van der Waals surface area contributed by atoms with E-state index in [0.29, 0.717) is 6.54 Å². The van der Waals surface area contributed by atoms with Gasteiger partial charge in [-0.05, 0) is 38.1 Å². The van der Waals surface area contributed by atoms with Gasteiger partial charge in [0.2, 0.25) is 0 Å². The van der Waals surface area contributed by atoms with Gasteiger partial charge in [0.15, 0.2) is 0 Å². The lowest BCUT2D eigenvalue weighted by atomic mass is 10.1. The molecule has 0 spiro atoms. The van der Waals surface area contributed by atoms with E-state index in [2.05, 4.69) is 0 Å². The van der Waals surface area contributed by atoms with Gasteiger partial charge < -0.3 is 5.73 Å². The minimum atomic E-state index is -0.463. The fourth-order valence-corrected chi connectivity index (χ4v) is 2.02. The van der Waals surface area contributed by atoms with Crippen molar-refractivity contribution in [1.82, 2.24) is 4.90 Å². The number of halogens is 3. The van der Waals surface area contributed by atoms with Crippen molar-refractivity contribution in [3.05, 3.63) is 35.4 Å². The topological polar surface area (TPSA) is 29.3 Å². The molecule has 2 nitrogen and oxygen atoms in total.